The summed E-state index contributed by atoms with van der Waals surface area (Å²) in [4.78, 5) is 12.1. The highest BCUT2D eigenvalue weighted by atomic mass is 19.1. The highest BCUT2D eigenvalue weighted by Gasteiger charge is 2.19. The first-order chi connectivity index (χ1) is 10.3. The SMILES string of the molecule is CC(C)(C)c1cc(C(=O)NCc2ccc(F)c(CO)c2)n[nH]1. The Kier molecular flexibility index (Phi) is 4.61. The molecule has 22 heavy (non-hydrogen) atoms. The van der Waals surface area contributed by atoms with Crippen LogP contribution in [-0.4, -0.2) is 21.2 Å². The summed E-state index contributed by atoms with van der Waals surface area (Å²) in [5.41, 5.74) is 2.00. The van der Waals surface area contributed by atoms with Crippen molar-refractivity contribution >= 4 is 5.91 Å². The van der Waals surface area contributed by atoms with Crippen molar-refractivity contribution in [3.63, 3.8) is 0 Å². The quantitative estimate of drug-likeness (QED) is 0.811. The normalized spacial score (nSPS) is 11.5. The van der Waals surface area contributed by atoms with Gasteiger partial charge in [-0.15, -0.1) is 0 Å². The molecule has 0 fully saturated rings. The Bertz CT molecular complexity index is 674. The van der Waals surface area contributed by atoms with Gasteiger partial charge in [-0.3, -0.25) is 9.89 Å². The van der Waals surface area contributed by atoms with Crippen molar-refractivity contribution in [2.75, 3.05) is 0 Å². The van der Waals surface area contributed by atoms with Crippen molar-refractivity contribution in [2.24, 2.45) is 0 Å². The number of aromatic nitrogens is 2. The summed E-state index contributed by atoms with van der Waals surface area (Å²) < 4.78 is 13.3. The summed E-state index contributed by atoms with van der Waals surface area (Å²) in [6.45, 7) is 5.94. The van der Waals surface area contributed by atoms with Gasteiger partial charge in [-0.2, -0.15) is 5.10 Å². The van der Waals surface area contributed by atoms with Crippen molar-refractivity contribution in [3.05, 3.63) is 52.6 Å². The summed E-state index contributed by atoms with van der Waals surface area (Å²) in [7, 11) is 0. The summed E-state index contributed by atoms with van der Waals surface area (Å²) in [6, 6.07) is 6.10. The minimum atomic E-state index is -0.459. The molecule has 2 rings (SSSR count). The predicted octanol–water partition coefficient (Wildman–Crippen LogP) is 2.27. The largest absolute Gasteiger partial charge is 0.392 e. The Morgan fingerprint density at radius 1 is 1.36 bits per heavy atom. The van der Waals surface area contributed by atoms with Crippen LogP contribution in [0.15, 0.2) is 24.3 Å². The standard InChI is InChI=1S/C16H20FN3O2/c1-16(2,3)14-7-13(19-20-14)15(22)18-8-10-4-5-12(17)11(6-10)9-21/h4-7,21H,8-9H2,1-3H3,(H,18,22)(H,19,20). The second-order valence-electron chi connectivity index (χ2n) is 6.18. The maximum Gasteiger partial charge on any atom is 0.272 e. The van der Waals surface area contributed by atoms with E-state index in [4.69, 9.17) is 5.11 Å². The van der Waals surface area contributed by atoms with Crippen molar-refractivity contribution in [1.29, 1.82) is 0 Å². The number of hydrogen-bond donors (Lipinski definition) is 3. The van der Waals surface area contributed by atoms with E-state index in [1.807, 2.05) is 20.8 Å². The van der Waals surface area contributed by atoms with E-state index >= 15 is 0 Å². The lowest BCUT2D eigenvalue weighted by Crippen LogP contribution is -2.23. The molecule has 118 valence electrons. The zero-order chi connectivity index (χ0) is 16.3. The van der Waals surface area contributed by atoms with Crippen molar-refractivity contribution < 1.29 is 14.3 Å². The van der Waals surface area contributed by atoms with Gasteiger partial charge < -0.3 is 10.4 Å². The smallest absolute Gasteiger partial charge is 0.272 e. The number of hydrogen-bond acceptors (Lipinski definition) is 3. The van der Waals surface area contributed by atoms with Crippen LogP contribution in [0.25, 0.3) is 0 Å². The number of aromatic amines is 1. The molecule has 0 saturated heterocycles. The number of benzene rings is 1. The lowest BCUT2D eigenvalue weighted by molar-refractivity contribution is 0.0946. The van der Waals surface area contributed by atoms with Crippen molar-refractivity contribution in [2.45, 2.75) is 39.3 Å². The zero-order valence-electron chi connectivity index (χ0n) is 12.9. The zero-order valence-corrected chi connectivity index (χ0v) is 12.9. The van der Waals surface area contributed by atoms with Crippen LogP contribution in [0, 0.1) is 5.82 Å². The van der Waals surface area contributed by atoms with Gasteiger partial charge in [0.05, 0.1) is 6.61 Å². The van der Waals surface area contributed by atoms with Crippen LogP contribution in [0.1, 0.15) is 48.1 Å². The van der Waals surface area contributed by atoms with Gasteiger partial charge in [0.25, 0.3) is 5.91 Å². The van der Waals surface area contributed by atoms with Gasteiger partial charge in [0.15, 0.2) is 0 Å². The minimum absolute atomic E-state index is 0.113. The van der Waals surface area contributed by atoms with E-state index in [-0.39, 0.29) is 30.0 Å². The Hall–Kier alpha value is -2.21. The van der Waals surface area contributed by atoms with E-state index in [1.165, 1.54) is 12.1 Å². The lowest BCUT2D eigenvalue weighted by Gasteiger charge is -2.14. The van der Waals surface area contributed by atoms with Crippen LogP contribution in [0.4, 0.5) is 4.39 Å². The lowest BCUT2D eigenvalue weighted by atomic mass is 9.92. The van der Waals surface area contributed by atoms with E-state index in [0.29, 0.717) is 11.3 Å². The molecule has 1 heterocycles. The third kappa shape index (κ3) is 3.71. The monoisotopic (exact) mass is 305 g/mol. The Morgan fingerprint density at radius 3 is 2.68 bits per heavy atom. The molecule has 2 aromatic rings. The second-order valence-corrected chi connectivity index (χ2v) is 6.18. The van der Waals surface area contributed by atoms with Gasteiger partial charge in [-0.1, -0.05) is 26.8 Å². The number of amides is 1. The fourth-order valence-corrected chi connectivity index (χ4v) is 1.95. The number of carbonyl (C=O) groups excluding carboxylic acids is 1. The number of aliphatic hydroxyl groups excluding tert-OH is 1. The predicted molar refractivity (Wildman–Crippen MR) is 80.8 cm³/mol. The molecule has 0 radical (unpaired) electrons. The molecule has 0 aliphatic heterocycles. The van der Waals surface area contributed by atoms with Crippen LogP contribution < -0.4 is 5.32 Å². The van der Waals surface area contributed by atoms with Crippen LogP contribution in [0.3, 0.4) is 0 Å². The molecule has 0 aliphatic carbocycles. The van der Waals surface area contributed by atoms with E-state index in [1.54, 1.807) is 12.1 Å². The van der Waals surface area contributed by atoms with Gasteiger partial charge >= 0.3 is 0 Å². The van der Waals surface area contributed by atoms with E-state index < -0.39 is 5.82 Å². The van der Waals surface area contributed by atoms with Gasteiger partial charge in [0.1, 0.15) is 11.5 Å². The second kappa shape index (κ2) is 6.27. The molecule has 0 spiro atoms. The number of H-pyrrole nitrogens is 1. The first-order valence-electron chi connectivity index (χ1n) is 7.03. The number of halogens is 1. The topological polar surface area (TPSA) is 78.0 Å². The number of aliphatic hydroxyl groups is 1. The molecule has 0 bridgehead atoms. The molecule has 5 nitrogen and oxygen atoms in total. The molecule has 6 heteroatoms. The third-order valence-corrected chi connectivity index (χ3v) is 3.35. The molecule has 0 saturated carbocycles. The maximum absolute atomic E-state index is 13.3. The molecule has 0 aliphatic rings. The third-order valence-electron chi connectivity index (χ3n) is 3.35. The van der Waals surface area contributed by atoms with Gasteiger partial charge in [0, 0.05) is 23.2 Å². The molecule has 0 atom stereocenters. The van der Waals surface area contributed by atoms with E-state index in [9.17, 15) is 9.18 Å². The summed E-state index contributed by atoms with van der Waals surface area (Å²) >= 11 is 0. The minimum Gasteiger partial charge on any atom is -0.392 e. The molecule has 1 aromatic carbocycles. The first-order valence-corrected chi connectivity index (χ1v) is 7.03. The van der Waals surface area contributed by atoms with E-state index in [2.05, 4.69) is 15.5 Å². The first kappa shape index (κ1) is 16.2. The van der Waals surface area contributed by atoms with Crippen molar-refractivity contribution in [1.82, 2.24) is 15.5 Å². The molecule has 1 aromatic heterocycles. The Morgan fingerprint density at radius 2 is 2.09 bits per heavy atom. The van der Waals surface area contributed by atoms with Crippen LogP contribution in [0.2, 0.25) is 0 Å². The fraction of sp³-hybridized carbons (Fsp3) is 0.375. The van der Waals surface area contributed by atoms with Gasteiger partial charge in [-0.25, -0.2) is 4.39 Å². The number of rotatable bonds is 4. The Balaban J connectivity index is 2.02. The number of nitrogens with zero attached hydrogens (tertiary/aromatic N) is 1. The van der Waals surface area contributed by atoms with Crippen molar-refractivity contribution in [3.8, 4) is 0 Å². The van der Waals surface area contributed by atoms with Crippen LogP contribution >= 0.6 is 0 Å². The maximum atomic E-state index is 13.3. The van der Waals surface area contributed by atoms with Crippen LogP contribution in [-0.2, 0) is 18.6 Å². The molecular formula is C16H20FN3O2. The van der Waals surface area contributed by atoms with Crippen LogP contribution in [0.5, 0.6) is 0 Å². The van der Waals surface area contributed by atoms with E-state index in [0.717, 1.165) is 5.69 Å². The molecular weight excluding hydrogens is 285 g/mol. The highest BCUT2D eigenvalue weighted by molar-refractivity contribution is 5.92. The average Bonchev–Trinajstić information content (AvgIpc) is 2.96. The summed E-state index contributed by atoms with van der Waals surface area (Å²) in [6.07, 6.45) is 0. The number of nitrogens with one attached hydrogen (secondary N) is 2. The molecule has 1 amide bonds. The fourth-order valence-electron chi connectivity index (χ4n) is 1.95. The highest BCUT2D eigenvalue weighted by Crippen LogP contribution is 2.20. The molecule has 0 unspecified atom stereocenters. The summed E-state index contributed by atoms with van der Waals surface area (Å²) in [5.74, 6) is -0.763. The van der Waals surface area contributed by atoms with Gasteiger partial charge in [-0.05, 0) is 23.8 Å². The number of carbonyl (C=O) groups is 1. The summed E-state index contributed by atoms with van der Waals surface area (Å²) in [5, 5.41) is 18.6. The Labute approximate surface area is 128 Å². The van der Waals surface area contributed by atoms with Gasteiger partial charge in [0.2, 0.25) is 0 Å². The average molecular weight is 305 g/mol. The molecule has 3 N–H and O–H groups in total.